The Morgan fingerprint density at radius 1 is 0.827 bits per heavy atom. The van der Waals surface area contributed by atoms with Gasteiger partial charge in [0.05, 0.1) is 13.7 Å². The van der Waals surface area contributed by atoms with Crippen molar-refractivity contribution in [3.05, 3.63) is 107 Å². The molecule has 0 N–H and O–H groups in total. The average Bonchev–Trinajstić information content (AvgIpc) is 3.76. The van der Waals surface area contributed by atoms with E-state index in [9.17, 15) is 0 Å². The molecule has 2 aliphatic rings. The van der Waals surface area contributed by atoms with E-state index in [1.807, 2.05) is 24.3 Å². The summed E-state index contributed by atoms with van der Waals surface area (Å²) >= 11 is 0. The summed E-state index contributed by atoms with van der Waals surface area (Å²) in [5.41, 5.74) is 13.0. The molecule has 1 fully saturated rings. The third-order valence-electron chi connectivity index (χ3n) is 10.7. The van der Waals surface area contributed by atoms with Crippen molar-refractivity contribution in [2.75, 3.05) is 0 Å². The number of pyridine rings is 3. The fraction of sp³-hybridized carbons (Fsp3) is 0.413. The number of aromatic nitrogens is 3. The van der Waals surface area contributed by atoms with E-state index in [0.29, 0.717) is 5.71 Å². The van der Waals surface area contributed by atoms with Gasteiger partial charge in [-0.3, -0.25) is 0 Å². The number of furan rings is 1. The molecule has 2 aromatic carbocycles. The summed E-state index contributed by atoms with van der Waals surface area (Å²) in [6.07, 6.45) is 18.8. The predicted octanol–water partition coefficient (Wildman–Crippen LogP) is 11.4. The molecule has 8 rings (SSSR count). The van der Waals surface area contributed by atoms with Gasteiger partial charge in [0.15, 0.2) is 0 Å². The molecule has 0 atom stereocenters. The second-order valence-electron chi connectivity index (χ2n) is 17.2. The van der Waals surface area contributed by atoms with Crippen LogP contribution in [0.2, 0.25) is 19.6 Å². The zero-order chi connectivity index (χ0) is 35.8. The minimum absolute atomic E-state index is 0. The molecule has 4 heterocycles. The van der Waals surface area contributed by atoms with E-state index in [-0.39, 0.29) is 25.5 Å². The average molecular weight is 884 g/mol. The van der Waals surface area contributed by atoms with E-state index in [1.165, 1.54) is 84.4 Å². The Hall–Kier alpha value is -3.44. The first-order valence-electron chi connectivity index (χ1n) is 19.1. The van der Waals surface area contributed by atoms with Crippen LogP contribution in [-0.2, 0) is 45.8 Å². The van der Waals surface area contributed by atoms with E-state index >= 15 is 0 Å². The van der Waals surface area contributed by atoms with E-state index in [4.69, 9.17) is 14.4 Å². The van der Waals surface area contributed by atoms with Gasteiger partial charge in [-0.15, -0.1) is 53.1 Å². The summed E-state index contributed by atoms with van der Waals surface area (Å²) in [5.74, 6) is 0.831. The number of hydrogen-bond acceptors (Lipinski definition) is 4. The zero-order valence-electron chi connectivity index (χ0n) is 32.1. The van der Waals surface area contributed by atoms with Crippen LogP contribution in [0.15, 0.2) is 71.5 Å². The maximum atomic E-state index is 6.03. The molecule has 4 nitrogen and oxygen atoms in total. The van der Waals surface area contributed by atoms with Crippen molar-refractivity contribution in [1.29, 1.82) is 0 Å². The molecular formula is C46H53IrN3OSi-2. The van der Waals surface area contributed by atoms with Gasteiger partial charge in [0, 0.05) is 44.1 Å². The maximum Gasteiger partial charge on any atom is 0.216 e. The molecule has 4 aromatic heterocycles. The molecule has 0 unspecified atom stereocenters. The summed E-state index contributed by atoms with van der Waals surface area (Å²) in [6, 6.07) is 23.9. The van der Waals surface area contributed by atoms with Gasteiger partial charge in [0.25, 0.3) is 0 Å². The van der Waals surface area contributed by atoms with Gasteiger partial charge in [0.1, 0.15) is 0 Å². The summed E-state index contributed by atoms with van der Waals surface area (Å²) in [6.45, 7) is 16.4. The maximum absolute atomic E-state index is 6.03. The van der Waals surface area contributed by atoms with Crippen molar-refractivity contribution in [3.63, 3.8) is 0 Å². The van der Waals surface area contributed by atoms with Crippen molar-refractivity contribution in [3.8, 4) is 22.5 Å². The summed E-state index contributed by atoms with van der Waals surface area (Å²) in [5, 5.41) is 3.60. The van der Waals surface area contributed by atoms with Crippen LogP contribution < -0.4 is 5.19 Å². The van der Waals surface area contributed by atoms with E-state index in [1.54, 1.807) is 6.20 Å². The van der Waals surface area contributed by atoms with Gasteiger partial charge >= 0.3 is 0 Å². The van der Waals surface area contributed by atoms with Crippen molar-refractivity contribution < 1.29 is 24.5 Å². The van der Waals surface area contributed by atoms with Crippen LogP contribution in [-0.4, -0.2) is 23.0 Å². The minimum atomic E-state index is -1.40. The van der Waals surface area contributed by atoms with E-state index < -0.39 is 8.07 Å². The molecule has 0 saturated heterocycles. The van der Waals surface area contributed by atoms with Gasteiger partial charge in [0.2, 0.25) is 5.71 Å². The smallest absolute Gasteiger partial charge is 0.216 e. The third kappa shape index (κ3) is 8.67. The number of rotatable bonds is 6. The standard InChI is InChI=1S/C23H21N2O.C23H32NSi.Ir/c1-15-12-21(25-14-17(15)13-16-6-2-3-7-16)20-9-4-8-18-19-10-5-11-24-23(19)26-22(18)20;1-23(2,3)15-20-14-21(24-16-22(20)25(4,5)6)19-12-11-17-9-7-8-10-18(17)13-19;/h4-5,8,10-12,14,16H,2-3,6-7,13H2,1H3;11,13-14,16H,7-10,15H2,1-6H3;/q2*-1;. The van der Waals surface area contributed by atoms with Crippen molar-refractivity contribution in [2.24, 2.45) is 11.3 Å². The number of hydrogen-bond donors (Lipinski definition) is 0. The van der Waals surface area contributed by atoms with Gasteiger partial charge in [-0.25, -0.2) is 4.98 Å². The van der Waals surface area contributed by atoms with E-state index in [0.717, 1.165) is 57.6 Å². The van der Waals surface area contributed by atoms with Crippen LogP contribution in [0.3, 0.4) is 0 Å². The molecule has 0 amide bonds. The molecule has 52 heavy (non-hydrogen) atoms. The minimum Gasteiger partial charge on any atom is -0.486 e. The largest absolute Gasteiger partial charge is 0.486 e. The molecular weight excluding hydrogens is 831 g/mol. The molecule has 0 spiro atoms. The van der Waals surface area contributed by atoms with E-state index in [2.05, 4.69) is 101 Å². The Kier molecular flexibility index (Phi) is 11.7. The van der Waals surface area contributed by atoms with Crippen molar-refractivity contribution in [1.82, 2.24) is 15.0 Å². The second kappa shape index (κ2) is 15.9. The number of aryl methyl sites for hydroxylation is 3. The Morgan fingerprint density at radius 2 is 1.58 bits per heavy atom. The molecule has 1 radical (unpaired) electrons. The van der Waals surface area contributed by atoms with Gasteiger partial charge in [-0.05, 0) is 71.8 Å². The zero-order valence-corrected chi connectivity index (χ0v) is 35.5. The Labute approximate surface area is 325 Å². The molecule has 273 valence electrons. The van der Waals surface area contributed by atoms with Gasteiger partial charge in [-0.1, -0.05) is 120 Å². The van der Waals surface area contributed by atoms with Crippen molar-refractivity contribution in [2.45, 2.75) is 112 Å². The van der Waals surface area contributed by atoms with Crippen LogP contribution in [0.1, 0.15) is 87.1 Å². The first kappa shape index (κ1) is 38.3. The summed E-state index contributed by atoms with van der Waals surface area (Å²) < 4.78 is 6.03. The molecule has 6 aromatic rings. The Balaban J connectivity index is 0.000000175. The Morgan fingerprint density at radius 3 is 2.31 bits per heavy atom. The van der Waals surface area contributed by atoms with Crippen LogP contribution in [0, 0.1) is 30.4 Å². The first-order chi connectivity index (χ1) is 24.4. The molecule has 1 saturated carbocycles. The van der Waals surface area contributed by atoms with Crippen LogP contribution in [0.4, 0.5) is 0 Å². The molecule has 0 bridgehead atoms. The fourth-order valence-corrected chi connectivity index (χ4v) is 9.65. The monoisotopic (exact) mass is 884 g/mol. The van der Waals surface area contributed by atoms with Gasteiger partial charge in [-0.2, -0.15) is 0 Å². The Bertz CT molecular complexity index is 2170. The summed E-state index contributed by atoms with van der Waals surface area (Å²) in [7, 11) is -1.40. The quantitative estimate of drug-likeness (QED) is 0.124. The van der Waals surface area contributed by atoms with Gasteiger partial charge < -0.3 is 14.4 Å². The molecule has 2 aliphatic carbocycles. The first-order valence-corrected chi connectivity index (χ1v) is 22.6. The number of benzene rings is 2. The summed E-state index contributed by atoms with van der Waals surface area (Å²) in [4.78, 5) is 14.0. The molecule has 6 heteroatoms. The third-order valence-corrected chi connectivity index (χ3v) is 12.8. The normalized spacial score (nSPS) is 14.9. The predicted molar refractivity (Wildman–Crippen MR) is 215 cm³/mol. The topological polar surface area (TPSA) is 51.8 Å². The van der Waals surface area contributed by atoms with Crippen molar-refractivity contribution >= 4 is 35.3 Å². The fourth-order valence-electron chi connectivity index (χ4n) is 8.07. The molecule has 0 aliphatic heterocycles. The van der Waals surface area contributed by atoms with Crippen LogP contribution in [0.5, 0.6) is 0 Å². The SMILES string of the molecule is CC(C)(C)Cc1cc(-c2[c-]cc3c(c2)CCCC3)ncc1[Si](C)(C)C.Cc1cc(-c2[c-]ccc3c2oc2ncccc23)ncc1CC1CCCC1.[Ir]. The number of nitrogens with zero attached hydrogens (tertiary/aromatic N) is 3. The number of fused-ring (bicyclic) bond motifs is 4. The second-order valence-corrected chi connectivity index (χ2v) is 22.3. The van der Waals surface area contributed by atoms with Crippen LogP contribution >= 0.6 is 0 Å². The van der Waals surface area contributed by atoms with Crippen LogP contribution in [0.25, 0.3) is 44.6 Å².